The zero-order chi connectivity index (χ0) is 21.8. The maximum absolute atomic E-state index is 13.5. The number of nitrogens with one attached hydrogen (secondary N) is 1. The van der Waals surface area contributed by atoms with Crippen LogP contribution in [0.25, 0.3) is 0 Å². The molecule has 0 fully saturated rings. The third-order valence-corrected chi connectivity index (χ3v) is 5.23. The molecule has 0 radical (unpaired) electrons. The Morgan fingerprint density at radius 1 is 0.968 bits per heavy atom. The maximum Gasteiger partial charge on any atom is 0.305 e. The monoisotopic (exact) mass is 417 g/mol. The molecule has 6 nitrogen and oxygen atoms in total. The van der Waals surface area contributed by atoms with Crippen molar-refractivity contribution in [3.8, 4) is 17.2 Å². The Hall–Kier alpha value is -3.80. The van der Waals surface area contributed by atoms with Gasteiger partial charge in [0.25, 0.3) is 0 Å². The third-order valence-electron chi connectivity index (χ3n) is 5.23. The molecule has 4 rings (SSSR count). The molecule has 0 aromatic heterocycles. The fourth-order valence-electron chi connectivity index (χ4n) is 3.84. The molecule has 0 saturated heterocycles. The number of carbonyl (C=O) groups is 2. The van der Waals surface area contributed by atoms with Crippen LogP contribution >= 0.6 is 0 Å². The Morgan fingerprint density at radius 2 is 1.55 bits per heavy atom. The number of amides is 1. The number of aliphatic carboxylic acids is 1. The van der Waals surface area contributed by atoms with Crippen molar-refractivity contribution in [2.24, 2.45) is 0 Å². The summed E-state index contributed by atoms with van der Waals surface area (Å²) in [5.74, 6) is 0.0729. The first-order chi connectivity index (χ1) is 15.1. The van der Waals surface area contributed by atoms with E-state index < -0.39 is 17.9 Å². The van der Waals surface area contributed by atoms with E-state index in [0.29, 0.717) is 29.4 Å². The first kappa shape index (κ1) is 20.5. The number of rotatable bonds is 7. The third kappa shape index (κ3) is 4.38. The Balaban J connectivity index is 1.65. The van der Waals surface area contributed by atoms with Gasteiger partial charge in [-0.3, -0.25) is 9.59 Å². The number of para-hydroxylation sites is 2. The summed E-state index contributed by atoms with van der Waals surface area (Å²) < 4.78 is 11.4. The van der Waals surface area contributed by atoms with E-state index in [-0.39, 0.29) is 12.3 Å². The summed E-state index contributed by atoms with van der Waals surface area (Å²) in [6.07, 6.45) is -0.230. The fourth-order valence-corrected chi connectivity index (χ4v) is 3.84. The van der Waals surface area contributed by atoms with Crippen LogP contribution in [0.1, 0.15) is 42.0 Å². The average Bonchev–Trinajstić information content (AvgIpc) is 2.77. The minimum absolute atomic E-state index is 0.230. The molecule has 0 saturated carbocycles. The highest BCUT2D eigenvalue weighted by molar-refractivity contribution is 5.90. The van der Waals surface area contributed by atoms with Crippen LogP contribution in [0.4, 0.5) is 0 Å². The van der Waals surface area contributed by atoms with Gasteiger partial charge in [0.05, 0.1) is 25.0 Å². The van der Waals surface area contributed by atoms with Gasteiger partial charge in [0.1, 0.15) is 17.2 Å². The molecule has 0 aliphatic carbocycles. The largest absolute Gasteiger partial charge is 0.494 e. The van der Waals surface area contributed by atoms with E-state index in [1.54, 1.807) is 24.3 Å². The molecule has 31 heavy (non-hydrogen) atoms. The second-order valence-corrected chi connectivity index (χ2v) is 7.27. The van der Waals surface area contributed by atoms with Crippen molar-refractivity contribution in [3.05, 3.63) is 89.5 Å². The summed E-state index contributed by atoms with van der Waals surface area (Å²) in [6, 6.07) is 21.2. The lowest BCUT2D eigenvalue weighted by atomic mass is 9.86. The molecule has 158 valence electrons. The minimum Gasteiger partial charge on any atom is -0.494 e. The fraction of sp³-hybridized carbons (Fsp3) is 0.200. The van der Waals surface area contributed by atoms with Gasteiger partial charge in [0.15, 0.2) is 0 Å². The van der Waals surface area contributed by atoms with E-state index in [1.165, 1.54) is 0 Å². The van der Waals surface area contributed by atoms with E-state index in [9.17, 15) is 14.7 Å². The molecule has 3 aromatic carbocycles. The Kier molecular flexibility index (Phi) is 5.89. The van der Waals surface area contributed by atoms with Crippen LogP contribution < -0.4 is 14.8 Å². The zero-order valence-electron chi connectivity index (χ0n) is 17.1. The lowest BCUT2D eigenvalue weighted by Crippen LogP contribution is -2.35. The molecule has 1 aliphatic heterocycles. The lowest BCUT2D eigenvalue weighted by molar-refractivity contribution is -0.137. The summed E-state index contributed by atoms with van der Waals surface area (Å²) >= 11 is 0. The van der Waals surface area contributed by atoms with Gasteiger partial charge in [0.2, 0.25) is 5.91 Å². The average molecular weight is 417 g/mol. The summed E-state index contributed by atoms with van der Waals surface area (Å²) in [5, 5.41) is 12.4. The van der Waals surface area contributed by atoms with Gasteiger partial charge in [-0.25, -0.2) is 0 Å². The van der Waals surface area contributed by atoms with Crippen molar-refractivity contribution in [3.63, 3.8) is 0 Å². The quantitative estimate of drug-likeness (QED) is 0.584. The van der Waals surface area contributed by atoms with Crippen molar-refractivity contribution >= 4 is 11.9 Å². The van der Waals surface area contributed by atoms with E-state index in [4.69, 9.17) is 9.47 Å². The predicted octanol–water partition coefficient (Wildman–Crippen LogP) is 4.66. The van der Waals surface area contributed by atoms with Crippen LogP contribution in [0.15, 0.2) is 72.8 Å². The predicted molar refractivity (Wildman–Crippen MR) is 116 cm³/mol. The number of ether oxygens (including phenoxy) is 2. The summed E-state index contributed by atoms with van der Waals surface area (Å²) in [4.78, 5) is 25.0. The Bertz CT molecular complexity index is 1050. The highest BCUT2D eigenvalue weighted by Crippen LogP contribution is 2.44. The van der Waals surface area contributed by atoms with Gasteiger partial charge >= 0.3 is 5.97 Å². The van der Waals surface area contributed by atoms with Gasteiger partial charge in [-0.1, -0.05) is 48.5 Å². The van der Waals surface area contributed by atoms with Crippen LogP contribution in [0.3, 0.4) is 0 Å². The molecule has 2 N–H and O–H groups in total. The number of hydrogen-bond donors (Lipinski definition) is 2. The van der Waals surface area contributed by atoms with E-state index in [1.807, 2.05) is 55.5 Å². The molecule has 0 bridgehead atoms. The highest BCUT2D eigenvalue weighted by Gasteiger charge is 2.33. The molecule has 1 atom stereocenters. The maximum atomic E-state index is 13.5. The zero-order valence-corrected chi connectivity index (χ0v) is 17.1. The van der Waals surface area contributed by atoms with E-state index in [2.05, 4.69) is 5.32 Å². The number of hydrogen-bond acceptors (Lipinski definition) is 4. The van der Waals surface area contributed by atoms with Crippen molar-refractivity contribution < 1.29 is 24.2 Å². The highest BCUT2D eigenvalue weighted by atomic mass is 16.5. The molecule has 0 unspecified atom stereocenters. The summed E-state index contributed by atoms with van der Waals surface area (Å²) in [5.41, 5.74) is 2.20. The number of carboxylic acids is 1. The lowest BCUT2D eigenvalue weighted by Gasteiger charge is -2.29. The van der Waals surface area contributed by atoms with Crippen LogP contribution in [-0.2, 0) is 9.59 Å². The van der Waals surface area contributed by atoms with Crippen LogP contribution in [-0.4, -0.2) is 23.6 Å². The Morgan fingerprint density at radius 3 is 2.10 bits per heavy atom. The second-order valence-electron chi connectivity index (χ2n) is 7.27. The molecule has 0 spiro atoms. The van der Waals surface area contributed by atoms with Crippen molar-refractivity contribution in [2.75, 3.05) is 6.61 Å². The van der Waals surface area contributed by atoms with Crippen LogP contribution in [0, 0.1) is 0 Å². The van der Waals surface area contributed by atoms with Crippen LogP contribution in [0.2, 0.25) is 0 Å². The van der Waals surface area contributed by atoms with Crippen LogP contribution in [0.5, 0.6) is 17.2 Å². The Labute approximate surface area is 180 Å². The topological polar surface area (TPSA) is 84.9 Å². The SMILES string of the molecule is CCOc1ccc([C@H](CC(=O)O)NC(=O)C2c3ccccc3Oc3ccccc32)cc1. The molecule has 1 heterocycles. The smallest absolute Gasteiger partial charge is 0.305 e. The van der Waals surface area contributed by atoms with E-state index in [0.717, 1.165) is 11.1 Å². The minimum atomic E-state index is -0.994. The van der Waals surface area contributed by atoms with Gasteiger partial charge in [-0.2, -0.15) is 0 Å². The number of benzene rings is 3. The summed E-state index contributed by atoms with van der Waals surface area (Å²) in [6.45, 7) is 2.43. The standard InChI is InChI=1S/C25H23NO5/c1-2-30-17-13-11-16(12-14-17)20(15-23(27)28)26-25(29)24-18-7-3-5-9-21(18)31-22-10-6-4-8-19(22)24/h3-14,20,24H,2,15H2,1H3,(H,26,29)(H,27,28)/t20-/m0/s1. The second kappa shape index (κ2) is 8.92. The van der Waals surface area contributed by atoms with Gasteiger partial charge in [-0.05, 0) is 36.8 Å². The van der Waals surface area contributed by atoms with Crippen molar-refractivity contribution in [1.82, 2.24) is 5.32 Å². The first-order valence-electron chi connectivity index (χ1n) is 10.2. The first-order valence-corrected chi connectivity index (χ1v) is 10.2. The molecule has 1 amide bonds. The number of fused-ring (bicyclic) bond motifs is 2. The van der Waals surface area contributed by atoms with Gasteiger partial charge in [-0.15, -0.1) is 0 Å². The van der Waals surface area contributed by atoms with Crippen molar-refractivity contribution in [1.29, 1.82) is 0 Å². The molecular weight excluding hydrogens is 394 g/mol. The molecule has 1 aliphatic rings. The molecular formula is C25H23NO5. The van der Waals surface area contributed by atoms with Gasteiger partial charge < -0.3 is 19.9 Å². The molecule has 6 heteroatoms. The number of carbonyl (C=O) groups excluding carboxylic acids is 1. The molecule has 3 aromatic rings. The van der Waals surface area contributed by atoms with Crippen molar-refractivity contribution in [2.45, 2.75) is 25.3 Å². The van der Waals surface area contributed by atoms with E-state index >= 15 is 0 Å². The van der Waals surface area contributed by atoms with Gasteiger partial charge in [0, 0.05) is 11.1 Å². The summed E-state index contributed by atoms with van der Waals surface area (Å²) in [7, 11) is 0. The normalized spacial score (nSPS) is 13.3. The number of carboxylic acid groups (broad SMARTS) is 1.